The molecule has 2 aliphatic rings. The van der Waals surface area contributed by atoms with Crippen molar-refractivity contribution in [3.8, 4) is 0 Å². The smallest absolute Gasteiger partial charge is 0.123 e. The van der Waals surface area contributed by atoms with E-state index in [1.54, 1.807) is 12.1 Å². The molecule has 1 aliphatic carbocycles. The van der Waals surface area contributed by atoms with E-state index in [-0.39, 0.29) is 17.5 Å². The first kappa shape index (κ1) is 20.7. The average molecular weight is 421 g/mol. The van der Waals surface area contributed by atoms with E-state index in [0.29, 0.717) is 12.0 Å². The number of hydrogen-bond acceptors (Lipinski definition) is 2. The van der Waals surface area contributed by atoms with E-state index in [2.05, 4.69) is 56.0 Å². The van der Waals surface area contributed by atoms with Crippen LogP contribution in [0.3, 0.4) is 0 Å². The second-order valence-corrected chi connectivity index (χ2v) is 9.95. The molecule has 5 rings (SSSR count). The number of aromatic nitrogens is 1. The third-order valence-corrected chi connectivity index (χ3v) is 7.49. The lowest BCUT2D eigenvalue weighted by Gasteiger charge is -2.47. The molecule has 2 atom stereocenters. The van der Waals surface area contributed by atoms with Crippen molar-refractivity contribution in [3.05, 3.63) is 70.7 Å². The van der Waals surface area contributed by atoms with Gasteiger partial charge in [0.15, 0.2) is 0 Å². The van der Waals surface area contributed by atoms with Crippen molar-refractivity contribution in [2.45, 2.75) is 63.7 Å². The zero-order valence-corrected chi connectivity index (χ0v) is 19.0. The van der Waals surface area contributed by atoms with Crippen molar-refractivity contribution in [1.29, 1.82) is 0 Å². The first-order valence-corrected chi connectivity index (χ1v) is 11.6. The van der Waals surface area contributed by atoms with E-state index in [0.717, 1.165) is 32.1 Å². The topological polar surface area (TPSA) is 28.3 Å². The summed E-state index contributed by atoms with van der Waals surface area (Å²) >= 11 is 0. The largest absolute Gasteiger partial charge is 0.365 e. The van der Waals surface area contributed by atoms with Crippen LogP contribution in [0.2, 0.25) is 0 Å². The number of nitrogens with one attached hydrogen (secondary N) is 1. The predicted octanol–water partition coefficient (Wildman–Crippen LogP) is 6.27. The fourth-order valence-corrected chi connectivity index (χ4v) is 6.18. The lowest BCUT2D eigenvalue weighted by molar-refractivity contribution is -0.135. The Morgan fingerprint density at radius 2 is 1.81 bits per heavy atom. The maximum atomic E-state index is 13.5. The Labute approximate surface area is 184 Å². The third kappa shape index (κ3) is 3.60. The third-order valence-electron chi connectivity index (χ3n) is 7.49. The predicted molar refractivity (Wildman–Crippen MR) is 124 cm³/mol. The van der Waals surface area contributed by atoms with Gasteiger partial charge in [-0.15, -0.1) is 0 Å². The van der Waals surface area contributed by atoms with Crippen LogP contribution in [-0.4, -0.2) is 30.1 Å². The summed E-state index contributed by atoms with van der Waals surface area (Å²) in [5.74, 6) is 0.358. The molecule has 1 saturated carbocycles. The summed E-state index contributed by atoms with van der Waals surface area (Å²) in [5.41, 5.74) is 6.29. The van der Waals surface area contributed by atoms with Gasteiger partial charge in [0.1, 0.15) is 11.4 Å². The molecule has 2 heterocycles. The van der Waals surface area contributed by atoms with Crippen LogP contribution in [0.1, 0.15) is 61.0 Å². The molecule has 164 valence electrons. The number of hydrogen-bond donors (Lipinski definition) is 1. The number of benzene rings is 2. The number of rotatable bonds is 3. The SMILES string of the molecule is Cc1ccc2[nH]c3c(c2c1)CC(C)OC31CCC(C(c2ccc(F)cc2)N(C)C)CC1. The van der Waals surface area contributed by atoms with Crippen LogP contribution in [0, 0.1) is 18.7 Å². The molecule has 1 spiro atoms. The molecule has 3 nitrogen and oxygen atoms in total. The van der Waals surface area contributed by atoms with Gasteiger partial charge in [0.05, 0.1) is 11.8 Å². The van der Waals surface area contributed by atoms with Crippen LogP contribution in [0.5, 0.6) is 0 Å². The molecular weight excluding hydrogens is 387 g/mol. The van der Waals surface area contributed by atoms with E-state index in [4.69, 9.17) is 4.74 Å². The van der Waals surface area contributed by atoms with Crippen molar-refractivity contribution in [3.63, 3.8) is 0 Å². The van der Waals surface area contributed by atoms with Crippen LogP contribution in [0.15, 0.2) is 42.5 Å². The number of aryl methyl sites for hydroxylation is 1. The standard InChI is InChI=1S/C27H33FN2O/c1-17-5-10-24-22(15-17)23-16-18(2)31-27(26(23)29-24)13-11-20(12-14-27)25(30(3)4)19-6-8-21(28)9-7-19/h5-10,15,18,20,25,29H,11-14,16H2,1-4H3. The van der Waals surface area contributed by atoms with Crippen LogP contribution >= 0.6 is 0 Å². The highest BCUT2D eigenvalue weighted by atomic mass is 19.1. The number of ether oxygens (including phenoxy) is 1. The maximum Gasteiger partial charge on any atom is 0.123 e. The molecule has 4 heteroatoms. The minimum atomic E-state index is -0.212. The average Bonchev–Trinajstić information content (AvgIpc) is 3.09. The van der Waals surface area contributed by atoms with Gasteiger partial charge in [-0.3, -0.25) is 0 Å². The number of halogens is 1. The number of H-pyrrole nitrogens is 1. The summed E-state index contributed by atoms with van der Waals surface area (Å²) in [5, 5.41) is 1.36. The van der Waals surface area contributed by atoms with Gasteiger partial charge in [-0.1, -0.05) is 23.8 Å². The molecule has 2 aromatic carbocycles. The van der Waals surface area contributed by atoms with Gasteiger partial charge in [0.2, 0.25) is 0 Å². The minimum absolute atomic E-state index is 0.171. The highest BCUT2D eigenvalue weighted by molar-refractivity contribution is 5.86. The van der Waals surface area contributed by atoms with E-state index in [9.17, 15) is 4.39 Å². The molecule has 1 aromatic heterocycles. The van der Waals surface area contributed by atoms with Gasteiger partial charge in [-0.2, -0.15) is 0 Å². The number of aromatic amines is 1. The van der Waals surface area contributed by atoms with Gasteiger partial charge in [-0.05, 0) is 94.9 Å². The van der Waals surface area contributed by atoms with E-state index in [1.165, 1.54) is 33.3 Å². The molecule has 3 aromatic rings. The highest BCUT2D eigenvalue weighted by Gasteiger charge is 2.46. The van der Waals surface area contributed by atoms with Crippen LogP contribution in [0.25, 0.3) is 10.9 Å². The lowest BCUT2D eigenvalue weighted by Crippen LogP contribution is -2.43. The molecule has 2 unspecified atom stereocenters. The Bertz CT molecular complexity index is 1080. The zero-order valence-electron chi connectivity index (χ0n) is 19.0. The van der Waals surface area contributed by atoms with Crippen molar-refractivity contribution in [1.82, 2.24) is 9.88 Å². The van der Waals surface area contributed by atoms with Gasteiger partial charge < -0.3 is 14.6 Å². The molecule has 0 bridgehead atoms. The minimum Gasteiger partial charge on any atom is -0.365 e. The summed E-state index contributed by atoms with van der Waals surface area (Å²) in [6.45, 7) is 4.38. The fraction of sp³-hybridized carbons (Fsp3) is 0.481. The monoisotopic (exact) mass is 420 g/mol. The summed E-state index contributed by atoms with van der Waals surface area (Å²) in [6.07, 6.45) is 5.44. The maximum absolute atomic E-state index is 13.5. The molecule has 1 fully saturated rings. The summed E-state index contributed by atoms with van der Waals surface area (Å²) in [7, 11) is 4.27. The second-order valence-electron chi connectivity index (χ2n) is 9.95. The number of nitrogens with zero attached hydrogens (tertiary/aromatic N) is 1. The fourth-order valence-electron chi connectivity index (χ4n) is 6.18. The van der Waals surface area contributed by atoms with Gasteiger partial charge in [0, 0.05) is 23.4 Å². The molecular formula is C27H33FN2O. The van der Waals surface area contributed by atoms with E-state index in [1.807, 2.05) is 12.1 Å². The Balaban J connectivity index is 1.45. The molecule has 0 saturated heterocycles. The molecule has 0 amide bonds. The Morgan fingerprint density at radius 1 is 1.10 bits per heavy atom. The van der Waals surface area contributed by atoms with Gasteiger partial charge >= 0.3 is 0 Å². The Hall–Kier alpha value is -2.17. The van der Waals surface area contributed by atoms with Crippen LogP contribution < -0.4 is 0 Å². The zero-order chi connectivity index (χ0) is 21.8. The molecule has 0 radical (unpaired) electrons. The quantitative estimate of drug-likeness (QED) is 0.541. The molecule has 1 N–H and O–H groups in total. The second kappa shape index (κ2) is 7.75. The van der Waals surface area contributed by atoms with Gasteiger partial charge in [-0.25, -0.2) is 4.39 Å². The summed E-state index contributed by atoms with van der Waals surface area (Å²) < 4.78 is 20.2. The Kier molecular flexibility index (Phi) is 5.18. The first-order chi connectivity index (χ1) is 14.9. The van der Waals surface area contributed by atoms with Crippen molar-refractivity contribution >= 4 is 10.9 Å². The van der Waals surface area contributed by atoms with Crippen molar-refractivity contribution < 1.29 is 9.13 Å². The van der Waals surface area contributed by atoms with Crippen molar-refractivity contribution in [2.24, 2.45) is 5.92 Å². The molecule has 31 heavy (non-hydrogen) atoms. The normalized spacial score (nSPS) is 27.0. The van der Waals surface area contributed by atoms with Crippen LogP contribution in [0.4, 0.5) is 4.39 Å². The molecule has 1 aliphatic heterocycles. The van der Waals surface area contributed by atoms with Gasteiger partial charge in [0.25, 0.3) is 0 Å². The van der Waals surface area contributed by atoms with E-state index < -0.39 is 0 Å². The first-order valence-electron chi connectivity index (χ1n) is 11.6. The van der Waals surface area contributed by atoms with Crippen molar-refractivity contribution in [2.75, 3.05) is 14.1 Å². The summed E-state index contributed by atoms with van der Waals surface area (Å²) in [6, 6.07) is 14.1. The van der Waals surface area contributed by atoms with Crippen LogP contribution in [-0.2, 0) is 16.8 Å². The lowest BCUT2D eigenvalue weighted by atomic mass is 9.71. The Morgan fingerprint density at radius 3 is 2.48 bits per heavy atom. The van der Waals surface area contributed by atoms with E-state index >= 15 is 0 Å². The highest BCUT2D eigenvalue weighted by Crippen LogP contribution is 2.51. The summed E-state index contributed by atoms with van der Waals surface area (Å²) in [4.78, 5) is 6.04. The number of fused-ring (bicyclic) bond motifs is 4.